The molecule has 0 aliphatic heterocycles. The zero-order valence-corrected chi connectivity index (χ0v) is 9.50. The zero-order valence-electron chi connectivity index (χ0n) is 9.50. The largest absolute Gasteiger partial charge is 0.508 e. The number of hydrogen-bond donors (Lipinski definition) is 3. The van der Waals surface area contributed by atoms with Gasteiger partial charge in [-0.1, -0.05) is 12.1 Å². The number of rotatable bonds is 3. The van der Waals surface area contributed by atoms with E-state index in [1.807, 2.05) is 0 Å². The fourth-order valence-electron chi connectivity index (χ4n) is 1.75. The Balaban J connectivity index is 2.33. The van der Waals surface area contributed by atoms with Crippen LogP contribution in [0.15, 0.2) is 42.5 Å². The molecule has 3 N–H and O–H groups in total. The Morgan fingerprint density at radius 2 is 1.83 bits per heavy atom. The van der Waals surface area contributed by atoms with Crippen molar-refractivity contribution in [3.8, 4) is 11.5 Å². The maximum Gasteiger partial charge on any atom is 0.335 e. The molecule has 0 heterocycles. The fraction of sp³-hybridized carbons (Fsp3) is 0.0714. The highest BCUT2D eigenvalue weighted by Gasteiger charge is 2.08. The van der Waals surface area contributed by atoms with Crippen LogP contribution in [0.25, 0.3) is 0 Å². The molecule has 18 heavy (non-hydrogen) atoms. The smallest absolute Gasteiger partial charge is 0.335 e. The summed E-state index contributed by atoms with van der Waals surface area (Å²) in [5.41, 5.74) is 1.44. The monoisotopic (exact) mass is 244 g/mol. The second-order valence-electron chi connectivity index (χ2n) is 4.00. The molecule has 0 spiro atoms. The Bertz CT molecular complexity index is 590. The van der Waals surface area contributed by atoms with E-state index in [-0.39, 0.29) is 17.1 Å². The van der Waals surface area contributed by atoms with E-state index in [1.165, 1.54) is 18.2 Å². The lowest BCUT2D eigenvalue weighted by Gasteiger charge is -2.06. The molecule has 0 unspecified atom stereocenters. The summed E-state index contributed by atoms with van der Waals surface area (Å²) in [6.07, 6.45) is 0.362. The van der Waals surface area contributed by atoms with Crippen molar-refractivity contribution in [2.75, 3.05) is 0 Å². The number of hydrogen-bond acceptors (Lipinski definition) is 3. The molecule has 0 aromatic heterocycles. The maximum absolute atomic E-state index is 10.8. The van der Waals surface area contributed by atoms with Crippen molar-refractivity contribution in [2.24, 2.45) is 0 Å². The molecule has 92 valence electrons. The molecular formula is C14H12O4. The SMILES string of the molecule is O=C(O)c1ccc(O)c(Cc2cccc(O)c2)c1. The molecule has 0 bridgehead atoms. The van der Waals surface area contributed by atoms with E-state index in [9.17, 15) is 15.0 Å². The van der Waals surface area contributed by atoms with Gasteiger partial charge in [-0.15, -0.1) is 0 Å². The molecule has 0 radical (unpaired) electrons. The van der Waals surface area contributed by atoms with Gasteiger partial charge in [0.2, 0.25) is 0 Å². The minimum Gasteiger partial charge on any atom is -0.508 e. The third-order valence-corrected chi connectivity index (χ3v) is 2.63. The Morgan fingerprint density at radius 3 is 2.50 bits per heavy atom. The van der Waals surface area contributed by atoms with Crippen LogP contribution in [0.1, 0.15) is 21.5 Å². The van der Waals surface area contributed by atoms with Crippen molar-refractivity contribution in [2.45, 2.75) is 6.42 Å². The summed E-state index contributed by atoms with van der Waals surface area (Å²) in [6, 6.07) is 10.8. The molecule has 2 aromatic rings. The van der Waals surface area contributed by atoms with Crippen LogP contribution in [-0.4, -0.2) is 21.3 Å². The molecule has 0 amide bonds. The molecule has 0 fully saturated rings. The topological polar surface area (TPSA) is 77.8 Å². The van der Waals surface area contributed by atoms with Crippen molar-refractivity contribution in [3.05, 3.63) is 59.2 Å². The number of benzene rings is 2. The van der Waals surface area contributed by atoms with E-state index >= 15 is 0 Å². The molecule has 2 rings (SSSR count). The van der Waals surface area contributed by atoms with Gasteiger partial charge in [0.05, 0.1) is 5.56 Å². The molecular weight excluding hydrogens is 232 g/mol. The van der Waals surface area contributed by atoms with Crippen LogP contribution in [0.5, 0.6) is 11.5 Å². The Hall–Kier alpha value is -2.49. The van der Waals surface area contributed by atoms with Crippen LogP contribution in [0.4, 0.5) is 0 Å². The van der Waals surface area contributed by atoms with Gasteiger partial charge in [0.15, 0.2) is 0 Å². The highest BCUT2D eigenvalue weighted by Crippen LogP contribution is 2.23. The first-order valence-electron chi connectivity index (χ1n) is 5.39. The van der Waals surface area contributed by atoms with Crippen molar-refractivity contribution in [1.29, 1.82) is 0 Å². The van der Waals surface area contributed by atoms with Crippen LogP contribution in [0.2, 0.25) is 0 Å². The zero-order chi connectivity index (χ0) is 13.1. The summed E-state index contributed by atoms with van der Waals surface area (Å²) in [5, 5.41) is 27.9. The number of carboxylic acids is 1. The van der Waals surface area contributed by atoms with E-state index in [1.54, 1.807) is 24.3 Å². The molecule has 4 heteroatoms. The maximum atomic E-state index is 10.8. The van der Waals surface area contributed by atoms with Crippen molar-refractivity contribution in [3.63, 3.8) is 0 Å². The van der Waals surface area contributed by atoms with E-state index in [0.29, 0.717) is 12.0 Å². The lowest BCUT2D eigenvalue weighted by Crippen LogP contribution is -1.98. The van der Waals surface area contributed by atoms with Crippen molar-refractivity contribution >= 4 is 5.97 Å². The first-order chi connectivity index (χ1) is 8.56. The third kappa shape index (κ3) is 2.60. The Labute approximate surface area is 104 Å². The van der Waals surface area contributed by atoms with Crippen LogP contribution < -0.4 is 0 Å². The number of aromatic carboxylic acids is 1. The molecule has 0 aliphatic rings. The fourth-order valence-corrected chi connectivity index (χ4v) is 1.75. The van der Waals surface area contributed by atoms with Gasteiger partial charge in [0, 0.05) is 6.42 Å². The summed E-state index contributed by atoms with van der Waals surface area (Å²) in [6.45, 7) is 0. The van der Waals surface area contributed by atoms with Crippen LogP contribution in [0.3, 0.4) is 0 Å². The summed E-state index contributed by atoms with van der Waals surface area (Å²) in [5.74, 6) is -0.850. The van der Waals surface area contributed by atoms with Gasteiger partial charge in [-0.3, -0.25) is 0 Å². The van der Waals surface area contributed by atoms with Gasteiger partial charge in [-0.2, -0.15) is 0 Å². The first-order valence-corrected chi connectivity index (χ1v) is 5.39. The summed E-state index contributed by atoms with van der Waals surface area (Å²) >= 11 is 0. The molecule has 2 aromatic carbocycles. The predicted octanol–water partition coefficient (Wildman–Crippen LogP) is 2.39. The van der Waals surface area contributed by atoms with Gasteiger partial charge in [0.1, 0.15) is 11.5 Å². The van der Waals surface area contributed by atoms with E-state index in [2.05, 4.69) is 0 Å². The third-order valence-electron chi connectivity index (χ3n) is 2.63. The minimum atomic E-state index is -1.04. The standard InChI is InChI=1S/C14H12O4/c15-12-3-1-2-9(7-12)6-11-8-10(14(17)18)4-5-13(11)16/h1-5,7-8,15-16H,6H2,(H,17,18). The molecule has 0 saturated heterocycles. The number of aromatic hydroxyl groups is 2. The van der Waals surface area contributed by atoms with Gasteiger partial charge >= 0.3 is 5.97 Å². The lowest BCUT2D eigenvalue weighted by molar-refractivity contribution is 0.0696. The van der Waals surface area contributed by atoms with Crippen molar-refractivity contribution < 1.29 is 20.1 Å². The number of phenolic OH excluding ortho intramolecular Hbond substituents is 2. The first kappa shape index (κ1) is 12.0. The predicted molar refractivity (Wildman–Crippen MR) is 66.0 cm³/mol. The van der Waals surface area contributed by atoms with E-state index < -0.39 is 5.97 Å². The van der Waals surface area contributed by atoms with Gasteiger partial charge in [-0.05, 0) is 41.5 Å². The normalized spacial score (nSPS) is 10.2. The van der Waals surface area contributed by atoms with Crippen LogP contribution in [0, 0.1) is 0 Å². The molecule has 0 aliphatic carbocycles. The molecule has 0 atom stereocenters. The van der Waals surface area contributed by atoms with Crippen LogP contribution in [-0.2, 0) is 6.42 Å². The minimum absolute atomic E-state index is 0.0448. The highest BCUT2D eigenvalue weighted by atomic mass is 16.4. The average Bonchev–Trinajstić information content (AvgIpc) is 2.31. The van der Waals surface area contributed by atoms with Gasteiger partial charge in [0.25, 0.3) is 0 Å². The Morgan fingerprint density at radius 1 is 1.06 bits per heavy atom. The molecule has 4 nitrogen and oxygen atoms in total. The molecule has 0 saturated carbocycles. The number of carbonyl (C=O) groups is 1. The van der Waals surface area contributed by atoms with Gasteiger partial charge in [-0.25, -0.2) is 4.79 Å². The van der Waals surface area contributed by atoms with E-state index in [0.717, 1.165) is 5.56 Å². The summed E-state index contributed by atoms with van der Waals surface area (Å²) < 4.78 is 0. The number of carboxylic acid groups (broad SMARTS) is 1. The quantitative estimate of drug-likeness (QED) is 0.774. The van der Waals surface area contributed by atoms with E-state index in [4.69, 9.17) is 5.11 Å². The summed E-state index contributed by atoms with van der Waals surface area (Å²) in [4.78, 5) is 10.8. The van der Waals surface area contributed by atoms with Gasteiger partial charge < -0.3 is 15.3 Å². The second-order valence-corrected chi connectivity index (χ2v) is 4.00. The highest BCUT2D eigenvalue weighted by molar-refractivity contribution is 5.88. The summed E-state index contributed by atoms with van der Waals surface area (Å²) in [7, 11) is 0. The second kappa shape index (κ2) is 4.79. The Kier molecular flexibility index (Phi) is 3.19. The van der Waals surface area contributed by atoms with Crippen LogP contribution >= 0.6 is 0 Å². The number of phenols is 2. The van der Waals surface area contributed by atoms with Crippen molar-refractivity contribution in [1.82, 2.24) is 0 Å². The average molecular weight is 244 g/mol. The lowest BCUT2D eigenvalue weighted by atomic mass is 10.0.